The van der Waals surface area contributed by atoms with Gasteiger partial charge in [-0.05, 0) is 31.0 Å². The molecular weight excluding hydrogens is 206 g/mol. The number of likely N-dealkylation sites (tertiary alicyclic amines) is 1. The van der Waals surface area contributed by atoms with Crippen molar-refractivity contribution >= 4 is 5.91 Å². The number of hydrogen-bond acceptors (Lipinski definition) is 3. The number of carbonyl (C=O) groups excluding carboxylic acids is 1. The number of amides is 1. The molecule has 3 N–H and O–H groups in total. The van der Waals surface area contributed by atoms with Gasteiger partial charge in [-0.2, -0.15) is 0 Å². The number of hydrogen-bond donors (Lipinski definition) is 2. The van der Waals surface area contributed by atoms with Crippen LogP contribution in [0.5, 0.6) is 0 Å². The van der Waals surface area contributed by atoms with Crippen molar-refractivity contribution in [2.24, 2.45) is 11.7 Å². The number of pyridine rings is 1. The molecule has 1 aromatic heterocycles. The van der Waals surface area contributed by atoms with Gasteiger partial charge in [0.25, 0.3) is 11.5 Å². The van der Waals surface area contributed by atoms with E-state index in [9.17, 15) is 9.59 Å². The zero-order valence-electron chi connectivity index (χ0n) is 8.98. The minimum absolute atomic E-state index is 0.196. The van der Waals surface area contributed by atoms with Crippen molar-refractivity contribution in [2.45, 2.75) is 6.42 Å². The van der Waals surface area contributed by atoms with Gasteiger partial charge in [-0.1, -0.05) is 0 Å². The lowest BCUT2D eigenvalue weighted by atomic mass is 10.1. The topological polar surface area (TPSA) is 79.2 Å². The number of aromatic nitrogens is 1. The molecule has 0 spiro atoms. The molecule has 0 aliphatic carbocycles. The van der Waals surface area contributed by atoms with E-state index in [1.807, 2.05) is 0 Å². The third-order valence-electron chi connectivity index (χ3n) is 2.95. The number of carbonyl (C=O) groups is 1. The van der Waals surface area contributed by atoms with E-state index < -0.39 is 0 Å². The Bertz CT molecular complexity index is 441. The van der Waals surface area contributed by atoms with Crippen LogP contribution in [0.15, 0.2) is 23.1 Å². The number of H-pyrrole nitrogens is 1. The van der Waals surface area contributed by atoms with Crippen LogP contribution in [-0.2, 0) is 0 Å². The highest BCUT2D eigenvalue weighted by molar-refractivity contribution is 5.93. The Kier molecular flexibility index (Phi) is 3.05. The number of nitrogens with zero attached hydrogens (tertiary/aromatic N) is 1. The van der Waals surface area contributed by atoms with Gasteiger partial charge in [-0.3, -0.25) is 9.59 Å². The van der Waals surface area contributed by atoms with Crippen LogP contribution in [-0.4, -0.2) is 35.4 Å². The fraction of sp³-hybridized carbons (Fsp3) is 0.455. The van der Waals surface area contributed by atoms with Crippen LogP contribution >= 0.6 is 0 Å². The average Bonchev–Trinajstić information content (AvgIpc) is 2.77. The van der Waals surface area contributed by atoms with Crippen molar-refractivity contribution in [3.05, 3.63) is 34.2 Å². The second kappa shape index (κ2) is 4.49. The van der Waals surface area contributed by atoms with Crippen molar-refractivity contribution in [3.8, 4) is 0 Å². The van der Waals surface area contributed by atoms with Crippen LogP contribution in [0.1, 0.15) is 16.8 Å². The van der Waals surface area contributed by atoms with E-state index in [-0.39, 0.29) is 17.0 Å². The zero-order valence-corrected chi connectivity index (χ0v) is 8.98. The van der Waals surface area contributed by atoms with Gasteiger partial charge in [0.2, 0.25) is 0 Å². The fourth-order valence-corrected chi connectivity index (χ4v) is 1.97. The summed E-state index contributed by atoms with van der Waals surface area (Å²) in [6.45, 7) is 1.94. The Balaban J connectivity index is 2.15. The van der Waals surface area contributed by atoms with Gasteiger partial charge in [-0.15, -0.1) is 0 Å². The van der Waals surface area contributed by atoms with Gasteiger partial charge in [-0.25, -0.2) is 0 Å². The van der Waals surface area contributed by atoms with Crippen molar-refractivity contribution in [2.75, 3.05) is 19.6 Å². The van der Waals surface area contributed by atoms with Crippen molar-refractivity contribution in [1.82, 2.24) is 9.88 Å². The summed E-state index contributed by atoms with van der Waals surface area (Å²) in [5.74, 6) is 0.171. The highest BCUT2D eigenvalue weighted by Crippen LogP contribution is 2.16. The maximum Gasteiger partial charge on any atom is 0.260 e. The third-order valence-corrected chi connectivity index (χ3v) is 2.95. The van der Waals surface area contributed by atoms with Gasteiger partial charge in [0.15, 0.2) is 0 Å². The lowest BCUT2D eigenvalue weighted by Crippen LogP contribution is -2.33. The number of nitrogens with one attached hydrogen (secondary N) is 1. The SMILES string of the molecule is NCC1CCN(C(=O)c2ccc[nH]c2=O)C1. The molecule has 16 heavy (non-hydrogen) atoms. The first-order chi connectivity index (χ1) is 7.72. The lowest BCUT2D eigenvalue weighted by molar-refractivity contribution is 0.0786. The summed E-state index contributed by atoms with van der Waals surface area (Å²) >= 11 is 0. The van der Waals surface area contributed by atoms with E-state index in [0.29, 0.717) is 25.6 Å². The predicted octanol–water partition coefficient (Wildman–Crippen LogP) is -0.204. The molecule has 1 atom stereocenters. The molecule has 1 saturated heterocycles. The predicted molar refractivity (Wildman–Crippen MR) is 60.1 cm³/mol. The summed E-state index contributed by atoms with van der Waals surface area (Å²) in [7, 11) is 0. The molecule has 1 unspecified atom stereocenters. The molecule has 2 rings (SSSR count). The minimum atomic E-state index is -0.330. The zero-order chi connectivity index (χ0) is 11.5. The molecule has 1 amide bonds. The summed E-state index contributed by atoms with van der Waals surface area (Å²) in [5, 5.41) is 0. The van der Waals surface area contributed by atoms with Crippen molar-refractivity contribution in [1.29, 1.82) is 0 Å². The van der Waals surface area contributed by atoms with Crippen molar-refractivity contribution < 1.29 is 4.79 Å². The third kappa shape index (κ3) is 1.99. The number of aromatic amines is 1. The molecule has 1 aromatic rings. The Hall–Kier alpha value is -1.62. The van der Waals surface area contributed by atoms with Gasteiger partial charge in [0.1, 0.15) is 5.56 Å². The minimum Gasteiger partial charge on any atom is -0.338 e. The van der Waals surface area contributed by atoms with Gasteiger partial charge < -0.3 is 15.6 Å². The summed E-state index contributed by atoms with van der Waals surface area (Å²) in [5.41, 5.74) is 5.44. The maximum atomic E-state index is 12.0. The van der Waals surface area contributed by atoms with E-state index >= 15 is 0 Å². The molecule has 1 aliphatic heterocycles. The Morgan fingerprint density at radius 2 is 2.44 bits per heavy atom. The largest absolute Gasteiger partial charge is 0.338 e. The highest BCUT2D eigenvalue weighted by atomic mass is 16.2. The molecule has 0 bridgehead atoms. The van der Waals surface area contributed by atoms with E-state index in [0.717, 1.165) is 6.42 Å². The molecule has 0 radical (unpaired) electrons. The summed E-state index contributed by atoms with van der Waals surface area (Å²) in [4.78, 5) is 27.6. The molecule has 5 nitrogen and oxygen atoms in total. The monoisotopic (exact) mass is 221 g/mol. The first-order valence-corrected chi connectivity index (χ1v) is 5.39. The fourth-order valence-electron chi connectivity index (χ4n) is 1.97. The smallest absolute Gasteiger partial charge is 0.260 e. The molecule has 1 fully saturated rings. The van der Waals surface area contributed by atoms with E-state index in [1.165, 1.54) is 6.20 Å². The summed E-state index contributed by atoms with van der Waals surface area (Å²) in [6.07, 6.45) is 2.44. The first kappa shape index (κ1) is 10.9. The number of rotatable bonds is 2. The Labute approximate surface area is 93.3 Å². The van der Waals surface area contributed by atoms with Crippen molar-refractivity contribution in [3.63, 3.8) is 0 Å². The van der Waals surface area contributed by atoms with Gasteiger partial charge in [0.05, 0.1) is 0 Å². The maximum absolute atomic E-state index is 12.0. The molecular formula is C11H15N3O2. The Morgan fingerprint density at radius 3 is 3.06 bits per heavy atom. The number of nitrogens with two attached hydrogens (primary N) is 1. The second-order valence-corrected chi connectivity index (χ2v) is 4.05. The highest BCUT2D eigenvalue weighted by Gasteiger charge is 2.26. The van der Waals surface area contributed by atoms with E-state index in [1.54, 1.807) is 17.0 Å². The summed E-state index contributed by atoms with van der Waals surface area (Å²) in [6, 6.07) is 3.21. The van der Waals surface area contributed by atoms with Crippen LogP contribution in [0.4, 0.5) is 0 Å². The second-order valence-electron chi connectivity index (χ2n) is 4.05. The normalized spacial score (nSPS) is 20.1. The van der Waals surface area contributed by atoms with Crippen LogP contribution in [0.3, 0.4) is 0 Å². The quantitative estimate of drug-likeness (QED) is 0.725. The lowest BCUT2D eigenvalue weighted by Gasteiger charge is -2.15. The van der Waals surface area contributed by atoms with Crippen LogP contribution in [0.25, 0.3) is 0 Å². The van der Waals surface area contributed by atoms with Crippen LogP contribution in [0, 0.1) is 5.92 Å². The van der Waals surface area contributed by atoms with Crippen LogP contribution in [0.2, 0.25) is 0 Å². The van der Waals surface area contributed by atoms with Gasteiger partial charge in [0, 0.05) is 19.3 Å². The van der Waals surface area contributed by atoms with E-state index in [2.05, 4.69) is 4.98 Å². The van der Waals surface area contributed by atoms with Crippen LogP contribution < -0.4 is 11.3 Å². The standard InChI is InChI=1S/C11H15N3O2/c12-6-8-3-5-14(7-8)11(16)9-2-1-4-13-10(9)15/h1-2,4,8H,3,5-7,12H2,(H,13,15). The molecule has 0 saturated carbocycles. The van der Waals surface area contributed by atoms with E-state index in [4.69, 9.17) is 5.73 Å². The molecule has 1 aliphatic rings. The van der Waals surface area contributed by atoms with Gasteiger partial charge >= 0.3 is 0 Å². The molecule has 86 valence electrons. The Morgan fingerprint density at radius 1 is 1.62 bits per heavy atom. The average molecular weight is 221 g/mol. The molecule has 5 heteroatoms. The first-order valence-electron chi connectivity index (χ1n) is 5.39. The molecule has 2 heterocycles. The summed E-state index contributed by atoms with van der Waals surface area (Å²) < 4.78 is 0. The molecule has 0 aromatic carbocycles.